The molecule has 2 saturated heterocycles. The zero-order valence-electron chi connectivity index (χ0n) is 13.6. The van der Waals surface area contributed by atoms with E-state index in [0.717, 1.165) is 24.4 Å². The van der Waals surface area contributed by atoms with E-state index in [4.69, 9.17) is 4.74 Å². The second kappa shape index (κ2) is 6.37. The number of nitrogens with one attached hydrogen (secondary N) is 1. The third kappa shape index (κ3) is 3.24. The molecule has 3 rings (SSSR count). The van der Waals surface area contributed by atoms with Crippen molar-refractivity contribution in [1.82, 2.24) is 10.2 Å². The highest BCUT2D eigenvalue weighted by Gasteiger charge is 2.35. The summed E-state index contributed by atoms with van der Waals surface area (Å²) in [5.74, 6) is 1.00. The maximum Gasteiger partial charge on any atom is 0.123 e. The number of hydrogen-bond acceptors (Lipinski definition) is 3. The second-order valence-electron chi connectivity index (χ2n) is 6.77. The number of nitrogens with zero attached hydrogens (tertiary/aromatic N) is 1. The second-order valence-corrected chi connectivity index (χ2v) is 6.77. The Balaban J connectivity index is 1.62. The molecule has 3 nitrogen and oxygen atoms in total. The summed E-state index contributed by atoms with van der Waals surface area (Å²) in [7, 11) is 4.07. The van der Waals surface area contributed by atoms with Gasteiger partial charge in [0, 0.05) is 30.2 Å². The molecule has 3 heteroatoms. The summed E-state index contributed by atoms with van der Waals surface area (Å²) in [4.78, 5) is 2.62. The van der Waals surface area contributed by atoms with Gasteiger partial charge in [-0.1, -0.05) is 24.1 Å². The molecule has 0 radical (unpaired) electrons. The van der Waals surface area contributed by atoms with Crippen LogP contribution in [0.1, 0.15) is 43.2 Å². The van der Waals surface area contributed by atoms with Crippen LogP contribution in [0, 0.1) is 6.92 Å². The number of ether oxygens (including phenoxy) is 1. The molecule has 1 aromatic carbocycles. The highest BCUT2D eigenvalue weighted by atomic mass is 16.5. The molecule has 2 bridgehead atoms. The van der Waals surface area contributed by atoms with Gasteiger partial charge in [0.25, 0.3) is 0 Å². The number of rotatable bonds is 4. The number of aryl methyl sites for hydroxylation is 1. The average Bonchev–Trinajstić information content (AvgIpc) is 2.45. The van der Waals surface area contributed by atoms with Crippen molar-refractivity contribution in [2.75, 3.05) is 14.2 Å². The van der Waals surface area contributed by atoms with Gasteiger partial charge < -0.3 is 15.0 Å². The van der Waals surface area contributed by atoms with Crippen molar-refractivity contribution in [2.24, 2.45) is 0 Å². The van der Waals surface area contributed by atoms with E-state index in [0.29, 0.717) is 6.04 Å². The lowest BCUT2D eigenvalue weighted by atomic mass is 9.82. The van der Waals surface area contributed by atoms with E-state index < -0.39 is 0 Å². The minimum absolute atomic E-state index is 0.654. The fraction of sp³-hybridized carbons (Fsp3) is 0.667. The van der Waals surface area contributed by atoms with E-state index in [2.05, 4.69) is 42.4 Å². The van der Waals surface area contributed by atoms with Gasteiger partial charge in [-0.05, 0) is 45.7 Å². The lowest BCUT2D eigenvalue weighted by molar-refractivity contribution is 0.0482. The Kier molecular flexibility index (Phi) is 4.51. The van der Waals surface area contributed by atoms with E-state index in [1.807, 2.05) is 0 Å². The summed E-state index contributed by atoms with van der Waals surface area (Å²) in [5, 5.41) is 3.78. The van der Waals surface area contributed by atoms with Crippen LogP contribution in [0.15, 0.2) is 18.2 Å². The molecule has 1 aromatic rings. The molecule has 0 amide bonds. The summed E-state index contributed by atoms with van der Waals surface area (Å²) < 4.78 is 5.48. The van der Waals surface area contributed by atoms with Crippen LogP contribution in [0.4, 0.5) is 0 Å². The van der Waals surface area contributed by atoms with Crippen LogP contribution in [0.3, 0.4) is 0 Å². The van der Waals surface area contributed by atoms with Crippen molar-refractivity contribution in [3.05, 3.63) is 29.3 Å². The van der Waals surface area contributed by atoms with Gasteiger partial charge in [0.2, 0.25) is 0 Å². The predicted octanol–water partition coefficient (Wildman–Crippen LogP) is 3.11. The SMILES string of the molecule is COc1ccc(C)cc1CNC1CC2CCCC(C1)N2C. The van der Waals surface area contributed by atoms with Crippen LogP contribution in [0.25, 0.3) is 0 Å². The van der Waals surface area contributed by atoms with Crippen molar-refractivity contribution in [3.63, 3.8) is 0 Å². The Hall–Kier alpha value is -1.06. The lowest BCUT2D eigenvalue weighted by Crippen LogP contribution is -2.54. The summed E-state index contributed by atoms with van der Waals surface area (Å²) in [5.41, 5.74) is 2.58. The normalized spacial score (nSPS) is 29.4. The molecule has 0 spiro atoms. The quantitative estimate of drug-likeness (QED) is 0.921. The molecule has 2 heterocycles. The molecule has 21 heavy (non-hydrogen) atoms. The zero-order valence-corrected chi connectivity index (χ0v) is 13.6. The van der Waals surface area contributed by atoms with Crippen LogP contribution >= 0.6 is 0 Å². The molecule has 2 aliphatic heterocycles. The molecule has 0 saturated carbocycles. The molecule has 2 aliphatic rings. The number of benzene rings is 1. The Morgan fingerprint density at radius 2 is 1.95 bits per heavy atom. The van der Waals surface area contributed by atoms with Crippen molar-refractivity contribution in [1.29, 1.82) is 0 Å². The number of methoxy groups -OCH3 is 1. The van der Waals surface area contributed by atoms with Gasteiger partial charge in [-0.25, -0.2) is 0 Å². The van der Waals surface area contributed by atoms with Gasteiger partial charge in [-0.2, -0.15) is 0 Å². The highest BCUT2D eigenvalue weighted by Crippen LogP contribution is 2.33. The minimum atomic E-state index is 0.654. The fourth-order valence-corrected chi connectivity index (χ4v) is 4.08. The summed E-state index contributed by atoms with van der Waals surface area (Å²) in [6, 6.07) is 8.66. The van der Waals surface area contributed by atoms with Gasteiger partial charge in [0.15, 0.2) is 0 Å². The van der Waals surface area contributed by atoms with Crippen LogP contribution in [0.2, 0.25) is 0 Å². The largest absolute Gasteiger partial charge is 0.496 e. The lowest BCUT2D eigenvalue weighted by Gasteiger charge is -2.47. The molecule has 2 unspecified atom stereocenters. The monoisotopic (exact) mass is 288 g/mol. The third-order valence-corrected chi connectivity index (χ3v) is 5.36. The number of piperidine rings is 2. The maximum atomic E-state index is 5.48. The van der Waals surface area contributed by atoms with Gasteiger partial charge in [0.1, 0.15) is 5.75 Å². The Morgan fingerprint density at radius 1 is 1.24 bits per heavy atom. The standard InChI is InChI=1S/C18H28N2O/c1-13-7-8-18(21-3)14(9-13)12-19-15-10-16-5-4-6-17(11-15)20(16)2/h7-9,15-17,19H,4-6,10-12H2,1-3H3. The van der Waals surface area contributed by atoms with E-state index in [1.165, 1.54) is 43.2 Å². The Bertz CT molecular complexity index is 474. The first kappa shape index (κ1) is 14.9. The molecule has 1 N–H and O–H groups in total. The topological polar surface area (TPSA) is 24.5 Å². The number of fused-ring (bicyclic) bond motifs is 2. The van der Waals surface area contributed by atoms with Crippen LogP contribution in [-0.4, -0.2) is 37.2 Å². The van der Waals surface area contributed by atoms with Gasteiger partial charge in [0.05, 0.1) is 7.11 Å². The summed E-state index contributed by atoms with van der Waals surface area (Å²) in [6.45, 7) is 3.06. The van der Waals surface area contributed by atoms with Crippen molar-refractivity contribution in [3.8, 4) is 5.75 Å². The van der Waals surface area contributed by atoms with Crippen LogP contribution in [-0.2, 0) is 6.54 Å². The first-order valence-electron chi connectivity index (χ1n) is 8.26. The fourth-order valence-electron chi connectivity index (χ4n) is 4.08. The van der Waals surface area contributed by atoms with Gasteiger partial charge >= 0.3 is 0 Å². The van der Waals surface area contributed by atoms with E-state index in [-0.39, 0.29) is 0 Å². The third-order valence-electron chi connectivity index (χ3n) is 5.36. The summed E-state index contributed by atoms with van der Waals surface area (Å²) in [6.07, 6.45) is 6.75. The van der Waals surface area contributed by atoms with Crippen molar-refractivity contribution >= 4 is 0 Å². The smallest absolute Gasteiger partial charge is 0.123 e. The van der Waals surface area contributed by atoms with Gasteiger partial charge in [-0.3, -0.25) is 0 Å². The van der Waals surface area contributed by atoms with Crippen LogP contribution in [0.5, 0.6) is 5.75 Å². The molecule has 2 fully saturated rings. The minimum Gasteiger partial charge on any atom is -0.496 e. The Morgan fingerprint density at radius 3 is 2.62 bits per heavy atom. The van der Waals surface area contributed by atoms with Crippen molar-refractivity contribution < 1.29 is 4.74 Å². The van der Waals surface area contributed by atoms with E-state index >= 15 is 0 Å². The first-order chi connectivity index (χ1) is 10.2. The van der Waals surface area contributed by atoms with E-state index in [1.54, 1.807) is 7.11 Å². The molecule has 0 aliphatic carbocycles. The predicted molar refractivity (Wildman–Crippen MR) is 86.8 cm³/mol. The van der Waals surface area contributed by atoms with E-state index in [9.17, 15) is 0 Å². The first-order valence-corrected chi connectivity index (χ1v) is 8.26. The molecule has 2 atom stereocenters. The average molecular weight is 288 g/mol. The summed E-state index contributed by atoms with van der Waals surface area (Å²) >= 11 is 0. The molecule has 0 aromatic heterocycles. The molecular formula is C18H28N2O. The number of hydrogen-bond donors (Lipinski definition) is 1. The Labute approximate surface area is 128 Å². The maximum absolute atomic E-state index is 5.48. The van der Waals surface area contributed by atoms with Gasteiger partial charge in [-0.15, -0.1) is 0 Å². The van der Waals surface area contributed by atoms with Crippen molar-refractivity contribution in [2.45, 2.75) is 63.7 Å². The highest BCUT2D eigenvalue weighted by molar-refractivity contribution is 5.36. The molecule has 116 valence electrons. The molecular weight excluding hydrogens is 260 g/mol. The zero-order chi connectivity index (χ0) is 14.8. The van der Waals surface area contributed by atoms with Crippen LogP contribution < -0.4 is 10.1 Å².